The van der Waals surface area contributed by atoms with Gasteiger partial charge in [-0.3, -0.25) is 0 Å². The molecule has 2 atom stereocenters. The van der Waals surface area contributed by atoms with Crippen LogP contribution in [0.25, 0.3) is 11.1 Å². The lowest BCUT2D eigenvalue weighted by atomic mass is 9.56. The largest absolute Gasteiger partial charge is 0.327 e. The minimum atomic E-state index is 0.236. The molecule has 20 heavy (non-hydrogen) atoms. The molecule has 0 saturated heterocycles. The van der Waals surface area contributed by atoms with E-state index in [1.165, 1.54) is 27.8 Å². The Labute approximate surface area is 120 Å². The second kappa shape index (κ2) is 3.95. The van der Waals surface area contributed by atoms with Gasteiger partial charge in [0.1, 0.15) is 0 Å². The van der Waals surface area contributed by atoms with Gasteiger partial charge in [0.2, 0.25) is 0 Å². The predicted octanol–water partition coefficient (Wildman–Crippen LogP) is 4.10. The van der Waals surface area contributed by atoms with Crippen molar-refractivity contribution in [2.45, 2.75) is 38.6 Å². The van der Waals surface area contributed by atoms with Crippen molar-refractivity contribution in [3.8, 4) is 11.1 Å². The lowest BCUT2D eigenvalue weighted by molar-refractivity contribution is 0.0984. The van der Waals surface area contributed by atoms with E-state index in [1.54, 1.807) is 0 Å². The standard InChI is InChI=1S/C19H21N/c1-19(2)17(11-18(19)20)13-7-8-16-14(10-13)9-12-5-3-4-6-15(12)16/h3-8,10,17-18H,9,11,20H2,1-2H3. The third kappa shape index (κ3) is 1.53. The van der Waals surface area contributed by atoms with Crippen LogP contribution in [0, 0.1) is 5.41 Å². The molecule has 0 heterocycles. The van der Waals surface area contributed by atoms with Gasteiger partial charge in [-0.25, -0.2) is 0 Å². The summed E-state index contributed by atoms with van der Waals surface area (Å²) in [5.41, 5.74) is 13.7. The Morgan fingerprint density at radius 3 is 2.50 bits per heavy atom. The topological polar surface area (TPSA) is 26.0 Å². The number of nitrogens with two attached hydrogens (primary N) is 1. The maximum Gasteiger partial charge on any atom is 0.0102 e. The van der Waals surface area contributed by atoms with E-state index in [2.05, 4.69) is 56.3 Å². The second-order valence-electron chi connectivity index (χ2n) is 6.97. The van der Waals surface area contributed by atoms with Gasteiger partial charge in [-0.15, -0.1) is 0 Å². The van der Waals surface area contributed by atoms with E-state index in [1.807, 2.05) is 0 Å². The molecule has 2 aromatic rings. The van der Waals surface area contributed by atoms with Crippen LogP contribution in [0.3, 0.4) is 0 Å². The minimum absolute atomic E-state index is 0.236. The van der Waals surface area contributed by atoms with Gasteiger partial charge in [-0.1, -0.05) is 56.3 Å². The molecule has 1 nitrogen and oxygen atoms in total. The van der Waals surface area contributed by atoms with Gasteiger partial charge in [0.25, 0.3) is 0 Å². The molecule has 0 aromatic heterocycles. The first kappa shape index (κ1) is 12.2. The van der Waals surface area contributed by atoms with Crippen molar-refractivity contribution in [1.82, 2.24) is 0 Å². The number of hydrogen-bond donors (Lipinski definition) is 1. The van der Waals surface area contributed by atoms with Crippen LogP contribution in [0.2, 0.25) is 0 Å². The molecule has 4 rings (SSSR count). The highest BCUT2D eigenvalue weighted by atomic mass is 14.8. The van der Waals surface area contributed by atoms with Gasteiger partial charge < -0.3 is 5.73 Å². The number of rotatable bonds is 1. The zero-order valence-corrected chi connectivity index (χ0v) is 12.2. The summed E-state index contributed by atoms with van der Waals surface area (Å²) in [5.74, 6) is 0.617. The Bertz CT molecular complexity index is 684. The summed E-state index contributed by atoms with van der Waals surface area (Å²) in [6.07, 6.45) is 2.21. The Morgan fingerprint density at radius 2 is 1.75 bits per heavy atom. The highest BCUT2D eigenvalue weighted by Crippen LogP contribution is 2.52. The first-order chi connectivity index (χ1) is 9.57. The zero-order valence-electron chi connectivity index (χ0n) is 12.2. The molecule has 1 fully saturated rings. The Balaban J connectivity index is 1.73. The molecule has 0 radical (unpaired) electrons. The molecular weight excluding hydrogens is 242 g/mol. The molecular formula is C19H21N. The lowest BCUT2D eigenvalue weighted by Gasteiger charge is -2.51. The first-order valence-electron chi connectivity index (χ1n) is 7.54. The Kier molecular flexibility index (Phi) is 2.41. The highest BCUT2D eigenvalue weighted by molar-refractivity contribution is 5.77. The normalized spacial score (nSPS) is 25.8. The van der Waals surface area contributed by atoms with Crippen molar-refractivity contribution < 1.29 is 0 Å². The highest BCUT2D eigenvalue weighted by Gasteiger charge is 2.46. The van der Waals surface area contributed by atoms with Crippen LogP contribution in [-0.2, 0) is 6.42 Å². The molecule has 2 N–H and O–H groups in total. The van der Waals surface area contributed by atoms with Crippen molar-refractivity contribution in [2.24, 2.45) is 11.1 Å². The van der Waals surface area contributed by atoms with Crippen LogP contribution in [0.5, 0.6) is 0 Å². The molecule has 2 aliphatic rings. The summed E-state index contributed by atoms with van der Waals surface area (Å²) >= 11 is 0. The van der Waals surface area contributed by atoms with E-state index >= 15 is 0 Å². The molecule has 0 spiro atoms. The van der Waals surface area contributed by atoms with Crippen LogP contribution in [0.15, 0.2) is 42.5 Å². The average molecular weight is 263 g/mol. The monoisotopic (exact) mass is 263 g/mol. The number of benzene rings is 2. The van der Waals surface area contributed by atoms with Crippen LogP contribution in [0.4, 0.5) is 0 Å². The average Bonchev–Trinajstić information content (AvgIpc) is 2.82. The summed E-state index contributed by atoms with van der Waals surface area (Å²) in [4.78, 5) is 0. The fourth-order valence-corrected chi connectivity index (χ4v) is 3.91. The smallest absolute Gasteiger partial charge is 0.0102 e. The van der Waals surface area contributed by atoms with Crippen molar-refractivity contribution in [3.63, 3.8) is 0 Å². The van der Waals surface area contributed by atoms with Crippen molar-refractivity contribution >= 4 is 0 Å². The molecule has 2 unspecified atom stereocenters. The molecule has 0 aliphatic heterocycles. The quantitative estimate of drug-likeness (QED) is 0.703. The fourth-order valence-electron chi connectivity index (χ4n) is 3.91. The summed E-state index contributed by atoms with van der Waals surface area (Å²) in [6.45, 7) is 4.60. The Hall–Kier alpha value is -1.60. The first-order valence-corrected chi connectivity index (χ1v) is 7.54. The van der Waals surface area contributed by atoms with Crippen molar-refractivity contribution in [2.75, 3.05) is 0 Å². The van der Waals surface area contributed by atoms with E-state index in [-0.39, 0.29) is 5.41 Å². The number of hydrogen-bond acceptors (Lipinski definition) is 1. The summed E-state index contributed by atoms with van der Waals surface area (Å²) < 4.78 is 0. The number of fused-ring (bicyclic) bond motifs is 3. The van der Waals surface area contributed by atoms with E-state index in [0.29, 0.717) is 12.0 Å². The molecule has 2 aliphatic carbocycles. The molecule has 1 saturated carbocycles. The van der Waals surface area contributed by atoms with Gasteiger partial charge in [0.15, 0.2) is 0 Å². The Morgan fingerprint density at radius 1 is 1.00 bits per heavy atom. The third-order valence-corrected chi connectivity index (χ3v) is 5.56. The zero-order chi connectivity index (χ0) is 13.9. The van der Waals surface area contributed by atoms with E-state index in [9.17, 15) is 0 Å². The van der Waals surface area contributed by atoms with Crippen LogP contribution in [0.1, 0.15) is 42.9 Å². The van der Waals surface area contributed by atoms with E-state index in [4.69, 9.17) is 5.73 Å². The van der Waals surface area contributed by atoms with Gasteiger partial charge in [-0.05, 0) is 52.0 Å². The van der Waals surface area contributed by atoms with Crippen LogP contribution in [-0.4, -0.2) is 6.04 Å². The van der Waals surface area contributed by atoms with Gasteiger partial charge in [0.05, 0.1) is 0 Å². The fraction of sp³-hybridized carbons (Fsp3) is 0.368. The van der Waals surface area contributed by atoms with Crippen LogP contribution >= 0.6 is 0 Å². The summed E-state index contributed by atoms with van der Waals surface area (Å²) in [6, 6.07) is 16.2. The SMILES string of the molecule is CC1(C)C(N)CC1c1ccc2c(c1)Cc1ccccc1-2. The maximum atomic E-state index is 6.17. The lowest BCUT2D eigenvalue weighted by Crippen LogP contribution is -2.52. The predicted molar refractivity (Wildman–Crippen MR) is 83.8 cm³/mol. The third-order valence-electron chi connectivity index (χ3n) is 5.56. The van der Waals surface area contributed by atoms with Gasteiger partial charge in [-0.2, -0.15) is 0 Å². The summed E-state index contributed by atoms with van der Waals surface area (Å²) in [5, 5.41) is 0. The van der Waals surface area contributed by atoms with Gasteiger partial charge in [0, 0.05) is 6.04 Å². The molecule has 2 aromatic carbocycles. The minimum Gasteiger partial charge on any atom is -0.327 e. The molecule has 1 heteroatoms. The van der Waals surface area contributed by atoms with Crippen LogP contribution < -0.4 is 5.73 Å². The maximum absolute atomic E-state index is 6.17. The van der Waals surface area contributed by atoms with Crippen molar-refractivity contribution in [1.29, 1.82) is 0 Å². The molecule has 0 bridgehead atoms. The summed E-state index contributed by atoms with van der Waals surface area (Å²) in [7, 11) is 0. The van der Waals surface area contributed by atoms with E-state index in [0.717, 1.165) is 12.8 Å². The second-order valence-corrected chi connectivity index (χ2v) is 6.97. The van der Waals surface area contributed by atoms with E-state index < -0.39 is 0 Å². The molecule has 0 amide bonds. The van der Waals surface area contributed by atoms with Gasteiger partial charge >= 0.3 is 0 Å². The van der Waals surface area contributed by atoms with Crippen molar-refractivity contribution in [3.05, 3.63) is 59.2 Å². The molecule has 102 valence electrons.